The minimum Gasteiger partial charge on any atom is -0.501 e. The average molecular weight is 1260 g/mol. The number of pyridine rings is 2. The van der Waals surface area contributed by atoms with E-state index in [1.54, 1.807) is 0 Å². The van der Waals surface area contributed by atoms with Gasteiger partial charge < -0.3 is 23.5 Å². The first kappa shape index (κ1) is 53.5. The second-order valence-corrected chi connectivity index (χ2v) is 21.6. The van der Waals surface area contributed by atoms with Crippen LogP contribution in [0.2, 0.25) is 0 Å². The molecule has 5 heterocycles. The summed E-state index contributed by atoms with van der Waals surface area (Å²) in [6.07, 6.45) is 3.72. The van der Waals surface area contributed by atoms with Gasteiger partial charge in [0.15, 0.2) is 0 Å². The van der Waals surface area contributed by atoms with Crippen LogP contribution in [0.25, 0.3) is 133 Å². The quantitative estimate of drug-likeness (QED) is 0.128. The van der Waals surface area contributed by atoms with Crippen molar-refractivity contribution >= 4 is 54.8 Å². The van der Waals surface area contributed by atoms with Crippen LogP contribution in [0, 0.1) is 18.2 Å². The van der Waals surface area contributed by atoms with E-state index in [0.29, 0.717) is 11.8 Å². The molecular formula is C77H56IrN5O. The molecule has 0 amide bonds. The van der Waals surface area contributed by atoms with Gasteiger partial charge in [-0.1, -0.05) is 154 Å². The molecular weight excluding hydrogens is 1200 g/mol. The molecule has 0 unspecified atom stereocenters. The van der Waals surface area contributed by atoms with Crippen LogP contribution in [-0.4, -0.2) is 24.1 Å². The maximum absolute atomic E-state index is 6.47. The Bertz CT molecular complexity index is 4820. The number of para-hydroxylation sites is 4. The first-order valence-corrected chi connectivity index (χ1v) is 28.4. The predicted octanol–water partition coefficient (Wildman–Crippen LogP) is 20.1. The summed E-state index contributed by atoms with van der Waals surface area (Å²) >= 11 is 0. The maximum Gasteiger partial charge on any atom is 3.00 e. The summed E-state index contributed by atoms with van der Waals surface area (Å²) in [4.78, 5) is 14.4. The van der Waals surface area contributed by atoms with Crippen molar-refractivity contribution in [2.75, 3.05) is 0 Å². The van der Waals surface area contributed by atoms with Gasteiger partial charge in [0.05, 0.1) is 33.5 Å². The molecule has 0 saturated heterocycles. The van der Waals surface area contributed by atoms with Crippen molar-refractivity contribution in [3.63, 3.8) is 0 Å². The van der Waals surface area contributed by atoms with E-state index in [9.17, 15) is 0 Å². The molecule has 15 rings (SSSR count). The number of fused-ring (bicyclic) bond motifs is 7. The average Bonchev–Trinajstić information content (AvgIpc) is 2.95. The molecule has 0 aliphatic carbocycles. The van der Waals surface area contributed by atoms with Gasteiger partial charge in [-0.25, -0.2) is 0 Å². The van der Waals surface area contributed by atoms with Crippen molar-refractivity contribution in [2.45, 2.75) is 39.5 Å². The third kappa shape index (κ3) is 9.81. The Kier molecular flexibility index (Phi) is 14.6. The number of rotatable bonds is 10. The first-order chi connectivity index (χ1) is 40.8. The summed E-state index contributed by atoms with van der Waals surface area (Å²) in [6.45, 7) is 9.12. The smallest absolute Gasteiger partial charge is 0.501 e. The fourth-order valence-electron chi connectivity index (χ4n) is 11.9. The Morgan fingerprint density at radius 2 is 1.13 bits per heavy atom. The van der Waals surface area contributed by atoms with Crippen LogP contribution in [0.15, 0.2) is 259 Å². The van der Waals surface area contributed by atoms with Gasteiger partial charge in [0.2, 0.25) is 0 Å². The molecule has 0 radical (unpaired) electrons. The number of hydrogen-bond acceptors (Lipinski definition) is 4. The van der Waals surface area contributed by atoms with Gasteiger partial charge in [-0.15, -0.1) is 89.5 Å². The van der Waals surface area contributed by atoms with Crippen LogP contribution in [0.4, 0.5) is 0 Å². The van der Waals surface area contributed by atoms with Crippen molar-refractivity contribution in [2.24, 2.45) is 0 Å². The molecule has 0 bridgehead atoms. The van der Waals surface area contributed by atoms with E-state index < -0.39 is 0 Å². The number of imidazole rings is 1. The zero-order chi connectivity index (χ0) is 56.0. The second kappa shape index (κ2) is 22.9. The molecule has 6 nitrogen and oxygen atoms in total. The van der Waals surface area contributed by atoms with E-state index >= 15 is 0 Å². The summed E-state index contributed by atoms with van der Waals surface area (Å²) in [5.41, 5.74) is 22.7. The minimum atomic E-state index is 0. The zero-order valence-corrected chi connectivity index (χ0v) is 49.3. The number of nitrogens with zero attached hydrogens (tertiary/aromatic N) is 5. The SMILES string of the molecule is CC(C)c1cc(-c2ccccc2)cc(C(C)C)c1-n1c(-c2[c-]ccc3c2oc2ccccc23)nc2ccccc21.[Ir+3].[c-]1ccccc1-c1cc(-c2cccc3c2c2cc(-c4cc[c-]c(-c5ccccn5)c4)ccc2n3-c2ccccc2)ccn1. The zero-order valence-electron chi connectivity index (χ0n) is 46.9. The van der Waals surface area contributed by atoms with Crippen molar-refractivity contribution in [3.05, 3.63) is 284 Å². The topological polar surface area (TPSA) is 61.7 Å². The largest absolute Gasteiger partial charge is 3.00 e. The Morgan fingerprint density at radius 3 is 1.92 bits per heavy atom. The Morgan fingerprint density at radius 1 is 0.429 bits per heavy atom. The third-order valence-electron chi connectivity index (χ3n) is 15.8. The monoisotopic (exact) mass is 1260 g/mol. The van der Waals surface area contributed by atoms with Gasteiger partial charge in [-0.05, 0) is 135 Å². The Hall–Kier alpha value is -9.78. The van der Waals surface area contributed by atoms with Crippen molar-refractivity contribution < 1.29 is 24.5 Å². The van der Waals surface area contributed by atoms with Gasteiger partial charge in [0.1, 0.15) is 5.58 Å². The van der Waals surface area contributed by atoms with E-state index in [2.05, 4.69) is 247 Å². The summed E-state index contributed by atoms with van der Waals surface area (Å²) in [6, 6.07) is 94.8. The maximum atomic E-state index is 6.47. The van der Waals surface area contributed by atoms with E-state index in [1.165, 1.54) is 44.3 Å². The van der Waals surface area contributed by atoms with Crippen LogP contribution in [-0.2, 0) is 20.1 Å². The molecule has 0 atom stereocenters. The van der Waals surface area contributed by atoms with Gasteiger partial charge in [-0.2, -0.15) is 0 Å². The van der Waals surface area contributed by atoms with E-state index in [1.807, 2.05) is 73.1 Å². The number of furan rings is 1. The van der Waals surface area contributed by atoms with E-state index in [0.717, 1.165) is 100 Å². The second-order valence-electron chi connectivity index (χ2n) is 21.6. The molecule has 404 valence electrons. The van der Waals surface area contributed by atoms with Gasteiger partial charge >= 0.3 is 20.1 Å². The summed E-state index contributed by atoms with van der Waals surface area (Å²) < 4.78 is 11.2. The molecule has 7 heteroatoms. The first-order valence-electron chi connectivity index (χ1n) is 28.4. The van der Waals surface area contributed by atoms with Crippen LogP contribution < -0.4 is 0 Å². The molecule has 0 N–H and O–H groups in total. The van der Waals surface area contributed by atoms with E-state index in [-0.39, 0.29) is 20.1 Å². The minimum absolute atomic E-state index is 0. The molecule has 15 aromatic rings. The fraction of sp³-hybridized carbons (Fsp3) is 0.0779. The Labute approximate surface area is 502 Å². The molecule has 84 heavy (non-hydrogen) atoms. The van der Waals surface area contributed by atoms with Crippen LogP contribution in [0.1, 0.15) is 50.7 Å². The van der Waals surface area contributed by atoms with Crippen LogP contribution in [0.3, 0.4) is 0 Å². The molecule has 0 saturated carbocycles. The van der Waals surface area contributed by atoms with Crippen molar-refractivity contribution in [3.8, 4) is 78.7 Å². The molecule has 10 aromatic carbocycles. The molecule has 0 aliphatic heterocycles. The normalized spacial score (nSPS) is 11.5. The van der Waals surface area contributed by atoms with Crippen molar-refractivity contribution in [1.82, 2.24) is 24.1 Å². The molecule has 0 spiro atoms. The summed E-state index contributed by atoms with van der Waals surface area (Å²) in [5.74, 6) is 1.45. The fourth-order valence-corrected chi connectivity index (χ4v) is 11.9. The predicted molar refractivity (Wildman–Crippen MR) is 342 cm³/mol. The van der Waals surface area contributed by atoms with Gasteiger partial charge in [-0.3, -0.25) is 4.98 Å². The molecule has 0 aliphatic rings. The summed E-state index contributed by atoms with van der Waals surface area (Å²) in [7, 11) is 0. The van der Waals surface area contributed by atoms with Gasteiger partial charge in [0.25, 0.3) is 0 Å². The van der Waals surface area contributed by atoms with Crippen LogP contribution >= 0.6 is 0 Å². The van der Waals surface area contributed by atoms with E-state index in [4.69, 9.17) is 9.40 Å². The Balaban J connectivity index is 0.000000155. The number of aromatic nitrogens is 5. The van der Waals surface area contributed by atoms with Crippen LogP contribution in [0.5, 0.6) is 0 Å². The third-order valence-corrected chi connectivity index (χ3v) is 15.8. The number of hydrogen-bond donors (Lipinski definition) is 0. The van der Waals surface area contributed by atoms with Gasteiger partial charge in [0, 0.05) is 39.9 Å². The summed E-state index contributed by atoms with van der Waals surface area (Å²) in [5, 5.41) is 4.59. The molecule has 0 fully saturated rings. The standard InChI is InChI=1S/C40H25N3.C37H31N2O.Ir/c1-3-11-28(12-4-1)37-27-31(22-24-42-37)34-17-10-19-39-40(34)35-26-30(20-21-38(35)43(39)33-15-5-2-6-16-33)29-13-9-14-32(25-29)36-18-7-8-23-41-36;1-23(2)30-21-26(25-13-6-5-7-14-25)22-31(24(3)4)35(30)39-33-19-10-9-18-32(33)38-37(39)29-17-12-16-28-27-15-8-11-20-34(27)40-36(28)29;/h1-11,13,15-27H;5-16,18-24H,1-4H3;/q-2;-1;+3. The number of benzene rings is 10. The molecule has 5 aromatic heterocycles. The van der Waals surface area contributed by atoms with Crippen molar-refractivity contribution in [1.29, 1.82) is 0 Å².